The van der Waals surface area contributed by atoms with Crippen molar-refractivity contribution in [1.82, 2.24) is 4.98 Å². The summed E-state index contributed by atoms with van der Waals surface area (Å²) in [6.07, 6.45) is 1.66. The predicted octanol–water partition coefficient (Wildman–Crippen LogP) is 3.90. The van der Waals surface area contributed by atoms with Crippen molar-refractivity contribution in [3.8, 4) is 0 Å². The molecule has 2 aromatic rings. The molecule has 0 atom stereocenters. The van der Waals surface area contributed by atoms with Crippen LogP contribution in [-0.2, 0) is 0 Å². The van der Waals surface area contributed by atoms with Gasteiger partial charge in [0.2, 0.25) is 0 Å². The van der Waals surface area contributed by atoms with E-state index in [2.05, 4.69) is 20.9 Å². The molecule has 0 amide bonds. The topological polar surface area (TPSA) is 56.0 Å². The Kier molecular flexibility index (Phi) is 3.75. The van der Waals surface area contributed by atoms with Gasteiger partial charge in [-0.25, -0.2) is 4.98 Å². The molecule has 0 aliphatic heterocycles. The molecule has 1 aromatic carbocycles. The van der Waals surface area contributed by atoms with Crippen LogP contribution >= 0.6 is 27.7 Å². The van der Waals surface area contributed by atoms with Gasteiger partial charge in [0.1, 0.15) is 5.03 Å². The summed E-state index contributed by atoms with van der Waals surface area (Å²) in [7, 11) is 0. The highest BCUT2D eigenvalue weighted by molar-refractivity contribution is 9.10. The van der Waals surface area contributed by atoms with Crippen LogP contribution in [0.3, 0.4) is 0 Å². The monoisotopic (exact) mass is 310 g/mol. The van der Waals surface area contributed by atoms with Gasteiger partial charge in [0, 0.05) is 16.7 Å². The molecule has 86 valence electrons. The Labute approximate surface area is 110 Å². The molecule has 4 nitrogen and oxygen atoms in total. The normalized spacial score (nSPS) is 10.2. The fourth-order valence-electron chi connectivity index (χ4n) is 1.23. The highest BCUT2D eigenvalue weighted by Gasteiger charge is 2.13. The lowest BCUT2D eigenvalue weighted by molar-refractivity contribution is -0.387. The van der Waals surface area contributed by atoms with Crippen LogP contribution < -0.4 is 0 Å². The first-order valence-corrected chi connectivity index (χ1v) is 6.30. The molecule has 0 bridgehead atoms. The van der Waals surface area contributed by atoms with Gasteiger partial charge in [0.05, 0.1) is 9.82 Å². The van der Waals surface area contributed by atoms with E-state index < -0.39 is 0 Å². The minimum absolute atomic E-state index is 0.0993. The molecule has 0 spiro atoms. The number of benzene rings is 1. The number of nitrogens with zero attached hydrogens (tertiary/aromatic N) is 2. The van der Waals surface area contributed by atoms with Gasteiger partial charge in [-0.2, -0.15) is 0 Å². The van der Waals surface area contributed by atoms with Gasteiger partial charge >= 0.3 is 0 Å². The highest BCUT2D eigenvalue weighted by Crippen LogP contribution is 2.33. The van der Waals surface area contributed by atoms with Crippen LogP contribution in [-0.4, -0.2) is 9.91 Å². The molecular formula is C11H7BrN2O2S. The molecule has 0 fully saturated rings. The second-order valence-corrected chi connectivity index (χ2v) is 5.12. The van der Waals surface area contributed by atoms with Gasteiger partial charge < -0.3 is 0 Å². The fraction of sp³-hybridized carbons (Fsp3) is 0. The summed E-state index contributed by atoms with van der Waals surface area (Å²) >= 11 is 4.57. The van der Waals surface area contributed by atoms with Crippen LogP contribution in [0.15, 0.2) is 57.0 Å². The first-order valence-electron chi connectivity index (χ1n) is 4.69. The maximum Gasteiger partial charge on any atom is 0.283 e. The van der Waals surface area contributed by atoms with Crippen LogP contribution in [0.2, 0.25) is 0 Å². The minimum Gasteiger partial charge on any atom is -0.258 e. The van der Waals surface area contributed by atoms with Gasteiger partial charge in [0.25, 0.3) is 5.69 Å². The summed E-state index contributed by atoms with van der Waals surface area (Å²) < 4.78 is 0.879. The number of halogens is 1. The molecule has 0 saturated carbocycles. The number of nitro benzene ring substituents is 1. The van der Waals surface area contributed by atoms with Crippen molar-refractivity contribution in [3.63, 3.8) is 0 Å². The first kappa shape index (κ1) is 12.1. The van der Waals surface area contributed by atoms with E-state index in [1.54, 1.807) is 24.4 Å². The van der Waals surface area contributed by atoms with Crippen LogP contribution in [0.1, 0.15) is 0 Å². The lowest BCUT2D eigenvalue weighted by Gasteiger charge is -2.01. The molecule has 2 rings (SSSR count). The Morgan fingerprint density at radius 3 is 2.65 bits per heavy atom. The lowest BCUT2D eigenvalue weighted by atomic mass is 10.3. The van der Waals surface area contributed by atoms with Crippen molar-refractivity contribution >= 4 is 33.4 Å². The SMILES string of the molecule is O=[N+]([O-])c1ccccc1Sc1ccc(Br)cn1. The van der Waals surface area contributed by atoms with Gasteiger partial charge in [0.15, 0.2) is 0 Å². The third-order valence-corrected chi connectivity index (χ3v) is 3.46. The number of hydrogen-bond donors (Lipinski definition) is 0. The maximum absolute atomic E-state index is 10.8. The van der Waals surface area contributed by atoms with E-state index >= 15 is 0 Å². The van der Waals surface area contributed by atoms with Crippen LogP contribution in [0.25, 0.3) is 0 Å². The van der Waals surface area contributed by atoms with E-state index in [-0.39, 0.29) is 10.6 Å². The Morgan fingerprint density at radius 1 is 1.24 bits per heavy atom. The molecule has 0 unspecified atom stereocenters. The molecular weight excluding hydrogens is 304 g/mol. The van der Waals surface area contributed by atoms with Crippen molar-refractivity contribution in [3.05, 3.63) is 57.2 Å². The van der Waals surface area contributed by atoms with Crippen LogP contribution in [0, 0.1) is 10.1 Å². The number of nitro groups is 1. The lowest BCUT2D eigenvalue weighted by Crippen LogP contribution is -1.90. The molecule has 17 heavy (non-hydrogen) atoms. The zero-order chi connectivity index (χ0) is 12.3. The standard InChI is InChI=1S/C11H7BrN2O2S/c12-8-5-6-11(13-7-8)17-10-4-2-1-3-9(10)14(15)16/h1-7H. The summed E-state index contributed by atoms with van der Waals surface area (Å²) in [4.78, 5) is 15.2. The smallest absolute Gasteiger partial charge is 0.258 e. The molecule has 1 heterocycles. The quantitative estimate of drug-likeness (QED) is 0.637. The molecule has 0 aliphatic rings. The van der Waals surface area contributed by atoms with E-state index in [1.165, 1.54) is 17.8 Å². The van der Waals surface area contributed by atoms with E-state index in [1.807, 2.05) is 12.1 Å². The molecule has 0 N–H and O–H groups in total. The summed E-state index contributed by atoms with van der Waals surface area (Å²) in [6.45, 7) is 0. The Hall–Kier alpha value is -1.40. The second kappa shape index (κ2) is 5.29. The van der Waals surface area contributed by atoms with Gasteiger partial charge in [-0.05, 0) is 34.1 Å². The molecule has 6 heteroatoms. The van der Waals surface area contributed by atoms with Gasteiger partial charge in [-0.1, -0.05) is 23.9 Å². The molecule has 0 radical (unpaired) electrons. The summed E-state index contributed by atoms with van der Waals surface area (Å²) in [5.74, 6) is 0. The Bertz CT molecular complexity index is 545. The number of pyridine rings is 1. The average Bonchev–Trinajstić information content (AvgIpc) is 2.32. The van der Waals surface area contributed by atoms with Crippen molar-refractivity contribution in [2.75, 3.05) is 0 Å². The zero-order valence-electron chi connectivity index (χ0n) is 8.54. The van der Waals surface area contributed by atoms with Gasteiger partial charge in [-0.15, -0.1) is 0 Å². The van der Waals surface area contributed by atoms with Crippen LogP contribution in [0.5, 0.6) is 0 Å². The number of hydrogen-bond acceptors (Lipinski definition) is 4. The maximum atomic E-state index is 10.8. The number of rotatable bonds is 3. The van der Waals surface area contributed by atoms with Crippen LogP contribution in [0.4, 0.5) is 5.69 Å². The summed E-state index contributed by atoms with van der Waals surface area (Å²) in [5, 5.41) is 11.6. The van der Waals surface area contributed by atoms with E-state index in [9.17, 15) is 10.1 Å². The number of aromatic nitrogens is 1. The van der Waals surface area contributed by atoms with Crippen molar-refractivity contribution < 1.29 is 4.92 Å². The van der Waals surface area contributed by atoms with Gasteiger partial charge in [-0.3, -0.25) is 10.1 Å². The predicted molar refractivity (Wildman–Crippen MR) is 69.2 cm³/mol. The number of para-hydroxylation sites is 1. The Morgan fingerprint density at radius 2 is 2.00 bits per heavy atom. The van der Waals surface area contributed by atoms with Crippen molar-refractivity contribution in [1.29, 1.82) is 0 Å². The zero-order valence-corrected chi connectivity index (χ0v) is 10.9. The summed E-state index contributed by atoms with van der Waals surface area (Å²) in [5.41, 5.74) is 0.0993. The minimum atomic E-state index is -0.388. The summed E-state index contributed by atoms with van der Waals surface area (Å²) in [6, 6.07) is 10.3. The molecule has 0 saturated heterocycles. The van der Waals surface area contributed by atoms with Crippen molar-refractivity contribution in [2.45, 2.75) is 9.92 Å². The first-order chi connectivity index (χ1) is 8.16. The largest absolute Gasteiger partial charge is 0.283 e. The van der Waals surface area contributed by atoms with E-state index in [0.717, 1.165) is 9.50 Å². The third kappa shape index (κ3) is 3.04. The second-order valence-electron chi connectivity index (χ2n) is 3.14. The van der Waals surface area contributed by atoms with E-state index in [0.29, 0.717) is 4.90 Å². The molecule has 0 aliphatic carbocycles. The third-order valence-electron chi connectivity index (χ3n) is 1.98. The Balaban J connectivity index is 2.30. The fourth-order valence-corrected chi connectivity index (χ4v) is 2.32. The van der Waals surface area contributed by atoms with Crippen molar-refractivity contribution in [2.24, 2.45) is 0 Å². The average molecular weight is 311 g/mol. The molecule has 1 aromatic heterocycles. The van der Waals surface area contributed by atoms with E-state index in [4.69, 9.17) is 0 Å². The highest BCUT2D eigenvalue weighted by atomic mass is 79.9.